The predicted molar refractivity (Wildman–Crippen MR) is 154 cm³/mol. The van der Waals surface area contributed by atoms with E-state index in [0.717, 1.165) is 50.4 Å². The van der Waals surface area contributed by atoms with E-state index < -0.39 is 0 Å². The van der Waals surface area contributed by atoms with Crippen molar-refractivity contribution in [2.75, 3.05) is 25.0 Å². The molecule has 0 aliphatic carbocycles. The quantitative estimate of drug-likeness (QED) is 0.0602. The fraction of sp³-hybridized carbons (Fsp3) is 0.933. The molecule has 0 saturated heterocycles. The van der Waals surface area contributed by atoms with Crippen LogP contribution in [0.15, 0.2) is 0 Å². The molecule has 0 aliphatic heterocycles. The van der Waals surface area contributed by atoms with Crippen molar-refractivity contribution in [2.45, 2.75) is 149 Å². The maximum Gasteiger partial charge on any atom is 0.307 e. The van der Waals surface area contributed by atoms with Crippen LogP contribution in [0.1, 0.15) is 149 Å². The van der Waals surface area contributed by atoms with Gasteiger partial charge in [0.15, 0.2) is 0 Å². The van der Waals surface area contributed by atoms with Gasteiger partial charge >= 0.3 is 5.97 Å². The van der Waals surface area contributed by atoms with Crippen LogP contribution in [0.5, 0.6) is 0 Å². The average molecular weight is 561 g/mol. The third-order valence-corrected chi connectivity index (χ3v) is 7.47. The van der Waals surface area contributed by atoms with Crippen molar-refractivity contribution in [2.24, 2.45) is 5.92 Å². The van der Waals surface area contributed by atoms with E-state index in [1.807, 2.05) is 4.90 Å². The van der Waals surface area contributed by atoms with E-state index in [0.29, 0.717) is 31.9 Å². The van der Waals surface area contributed by atoms with Gasteiger partial charge in [-0.3, -0.25) is 9.59 Å². The molecule has 0 fully saturated rings. The number of hydrogen-bond donors (Lipinski definition) is 0. The number of carbonyl (C=O) groups excluding carboxylic acids is 2. The van der Waals surface area contributed by atoms with Crippen LogP contribution in [0.4, 0.5) is 0 Å². The zero-order valence-electron chi connectivity index (χ0n) is 23.6. The number of rotatable bonds is 26. The van der Waals surface area contributed by atoms with E-state index in [1.54, 1.807) is 0 Å². The molecule has 0 saturated carbocycles. The van der Waals surface area contributed by atoms with Crippen molar-refractivity contribution in [3.05, 3.63) is 0 Å². The van der Waals surface area contributed by atoms with Crippen LogP contribution in [-0.4, -0.2) is 41.8 Å². The fourth-order valence-corrected chi connectivity index (χ4v) is 4.91. The van der Waals surface area contributed by atoms with Gasteiger partial charge in [0.05, 0.1) is 13.0 Å². The number of carbonyl (C=O) groups is 2. The smallest absolute Gasteiger partial charge is 0.307 e. The largest absolute Gasteiger partial charge is 0.465 e. The Morgan fingerprint density at radius 2 is 1.20 bits per heavy atom. The summed E-state index contributed by atoms with van der Waals surface area (Å²) in [5.41, 5.74) is 0. The number of amides is 1. The highest BCUT2D eigenvalue weighted by Gasteiger charge is 2.17. The van der Waals surface area contributed by atoms with Crippen LogP contribution in [0.3, 0.4) is 0 Å². The Labute approximate surface area is 226 Å². The fourth-order valence-electron chi connectivity index (χ4n) is 4.51. The van der Waals surface area contributed by atoms with Crippen LogP contribution in [-0.2, 0) is 14.3 Å². The van der Waals surface area contributed by atoms with Crippen molar-refractivity contribution in [1.29, 1.82) is 0 Å². The molecule has 1 amide bonds. The summed E-state index contributed by atoms with van der Waals surface area (Å²) < 4.78 is 5.72. The first-order chi connectivity index (χ1) is 17.1. The second kappa shape index (κ2) is 26.5. The maximum absolute atomic E-state index is 12.9. The second-order valence-corrected chi connectivity index (χ2v) is 11.1. The highest BCUT2D eigenvalue weighted by atomic mass is 79.9. The summed E-state index contributed by atoms with van der Waals surface area (Å²) in [5, 5.41) is 1.06. The van der Waals surface area contributed by atoms with Crippen molar-refractivity contribution >= 4 is 27.8 Å². The number of hydrogen-bond acceptors (Lipinski definition) is 3. The van der Waals surface area contributed by atoms with Gasteiger partial charge in [-0.25, -0.2) is 0 Å². The summed E-state index contributed by atoms with van der Waals surface area (Å²) in [5.74, 6) is 0.557. The van der Waals surface area contributed by atoms with Gasteiger partial charge in [-0.2, -0.15) is 0 Å². The summed E-state index contributed by atoms with van der Waals surface area (Å²) >= 11 is 3.48. The molecule has 0 rings (SSSR count). The van der Waals surface area contributed by atoms with E-state index in [9.17, 15) is 9.59 Å². The van der Waals surface area contributed by atoms with Gasteiger partial charge in [0.2, 0.25) is 5.91 Å². The molecule has 1 unspecified atom stereocenters. The summed E-state index contributed by atoms with van der Waals surface area (Å²) in [6.45, 7) is 8.50. The molecule has 0 aromatic heterocycles. The third-order valence-electron chi connectivity index (χ3n) is 6.91. The summed E-state index contributed by atoms with van der Waals surface area (Å²) in [7, 11) is 0. The van der Waals surface area contributed by atoms with Gasteiger partial charge in [-0.05, 0) is 38.0 Å². The molecule has 0 aromatic carbocycles. The van der Waals surface area contributed by atoms with Gasteiger partial charge < -0.3 is 9.64 Å². The molecule has 0 spiro atoms. The lowest BCUT2D eigenvalue weighted by molar-refractivity contribution is -0.146. The number of ether oxygens (including phenoxy) is 1. The van der Waals surface area contributed by atoms with Crippen LogP contribution in [0.2, 0.25) is 0 Å². The first kappa shape index (κ1) is 34.4. The van der Waals surface area contributed by atoms with E-state index in [4.69, 9.17) is 4.74 Å². The van der Waals surface area contributed by atoms with Crippen LogP contribution in [0.25, 0.3) is 0 Å². The Hall–Kier alpha value is -0.580. The Morgan fingerprint density at radius 1 is 0.657 bits per heavy atom. The zero-order chi connectivity index (χ0) is 26.0. The van der Waals surface area contributed by atoms with Crippen molar-refractivity contribution in [1.82, 2.24) is 4.90 Å². The number of alkyl halides is 1. The Bertz CT molecular complexity index is 486. The van der Waals surface area contributed by atoms with Gasteiger partial charge in [-0.1, -0.05) is 120 Å². The maximum atomic E-state index is 12.9. The van der Waals surface area contributed by atoms with Gasteiger partial charge in [0, 0.05) is 24.8 Å². The monoisotopic (exact) mass is 559 g/mol. The van der Waals surface area contributed by atoms with Crippen molar-refractivity contribution < 1.29 is 14.3 Å². The van der Waals surface area contributed by atoms with E-state index in [2.05, 4.69) is 36.7 Å². The number of unbranched alkanes of at least 4 members (excludes halogenated alkanes) is 12. The first-order valence-corrected chi connectivity index (χ1v) is 16.2. The van der Waals surface area contributed by atoms with E-state index >= 15 is 0 Å². The molecular weight excluding hydrogens is 502 g/mol. The SMILES string of the molecule is CCCCCCC(CCCCC)COC(=O)CCN(CCCCCC)C(=O)CCCCCCCBr. The molecule has 35 heavy (non-hydrogen) atoms. The van der Waals surface area contributed by atoms with Crippen LogP contribution < -0.4 is 0 Å². The van der Waals surface area contributed by atoms with Gasteiger partial charge in [0.1, 0.15) is 0 Å². The molecule has 0 radical (unpaired) electrons. The molecule has 208 valence electrons. The normalized spacial score (nSPS) is 12.0. The Balaban J connectivity index is 4.50. The lowest BCUT2D eigenvalue weighted by Gasteiger charge is -2.23. The van der Waals surface area contributed by atoms with Crippen LogP contribution >= 0.6 is 15.9 Å². The number of nitrogens with zero attached hydrogens (tertiary/aromatic N) is 1. The number of esters is 1. The van der Waals surface area contributed by atoms with Crippen molar-refractivity contribution in [3.8, 4) is 0 Å². The van der Waals surface area contributed by atoms with Crippen LogP contribution in [0, 0.1) is 5.92 Å². The molecule has 0 N–H and O–H groups in total. The third kappa shape index (κ3) is 22.4. The minimum absolute atomic E-state index is 0.139. The Kier molecular flexibility index (Phi) is 26.0. The molecule has 0 aromatic rings. The predicted octanol–water partition coefficient (Wildman–Crippen LogP) is 9.23. The molecule has 5 heteroatoms. The highest BCUT2D eigenvalue weighted by Crippen LogP contribution is 2.19. The average Bonchev–Trinajstić information content (AvgIpc) is 2.86. The zero-order valence-corrected chi connectivity index (χ0v) is 25.2. The lowest BCUT2D eigenvalue weighted by atomic mass is 9.95. The summed E-state index contributed by atoms with van der Waals surface area (Å²) in [4.78, 5) is 27.3. The topological polar surface area (TPSA) is 46.6 Å². The minimum Gasteiger partial charge on any atom is -0.465 e. The molecule has 0 aliphatic rings. The summed E-state index contributed by atoms with van der Waals surface area (Å²) in [6, 6.07) is 0. The van der Waals surface area contributed by atoms with E-state index in [1.165, 1.54) is 77.0 Å². The Morgan fingerprint density at radius 3 is 1.86 bits per heavy atom. The molecular formula is C30H58BrNO3. The molecule has 1 atom stereocenters. The molecule has 0 bridgehead atoms. The van der Waals surface area contributed by atoms with Gasteiger partial charge in [0.25, 0.3) is 0 Å². The number of halogens is 1. The second-order valence-electron chi connectivity index (χ2n) is 10.3. The van der Waals surface area contributed by atoms with E-state index in [-0.39, 0.29) is 11.9 Å². The molecule has 4 nitrogen and oxygen atoms in total. The standard InChI is InChI=1S/C30H58BrNO3/c1-4-7-10-16-21-28(20-15-9-6-3)27-35-30(34)23-26-32(25-19-11-8-5-2)29(33)22-17-13-12-14-18-24-31/h28H,4-27H2,1-3H3. The summed E-state index contributed by atoms with van der Waals surface area (Å²) in [6.07, 6.45) is 22.3. The first-order valence-electron chi connectivity index (χ1n) is 15.1. The molecule has 0 heterocycles. The van der Waals surface area contributed by atoms with Crippen molar-refractivity contribution in [3.63, 3.8) is 0 Å². The minimum atomic E-state index is -0.139. The highest BCUT2D eigenvalue weighted by molar-refractivity contribution is 9.09. The lowest BCUT2D eigenvalue weighted by Crippen LogP contribution is -2.34. The van der Waals surface area contributed by atoms with Gasteiger partial charge in [-0.15, -0.1) is 0 Å².